The van der Waals surface area contributed by atoms with E-state index in [1.807, 2.05) is 30.3 Å². The lowest BCUT2D eigenvalue weighted by Crippen LogP contribution is -2.35. The Kier molecular flexibility index (Phi) is 9.17. The van der Waals surface area contributed by atoms with Crippen LogP contribution in [0.2, 0.25) is 0 Å². The zero-order chi connectivity index (χ0) is 24.3. The van der Waals surface area contributed by atoms with Crippen LogP contribution >= 0.6 is 12.2 Å². The van der Waals surface area contributed by atoms with Gasteiger partial charge in [0.2, 0.25) is 0 Å². The maximum absolute atomic E-state index is 12.7. The monoisotopic (exact) mass is 475 g/mol. The molecule has 0 saturated carbocycles. The number of ether oxygens (including phenoxy) is 1. The second-order valence-electron chi connectivity index (χ2n) is 8.17. The molecule has 0 aliphatic heterocycles. The van der Waals surface area contributed by atoms with Crippen molar-refractivity contribution >= 4 is 34.8 Å². The third-order valence-corrected chi connectivity index (χ3v) is 5.09. The van der Waals surface area contributed by atoms with Crippen LogP contribution < -0.4 is 20.7 Å². The average molecular weight is 476 g/mol. The van der Waals surface area contributed by atoms with Crippen molar-refractivity contribution in [2.45, 2.75) is 20.3 Å². The summed E-state index contributed by atoms with van der Waals surface area (Å²) >= 11 is 5.31. The maximum atomic E-state index is 12.7. The highest BCUT2D eigenvalue weighted by Crippen LogP contribution is 2.16. The van der Waals surface area contributed by atoms with Crippen molar-refractivity contribution in [3.8, 4) is 5.75 Å². The quantitative estimate of drug-likeness (QED) is 0.387. The summed E-state index contributed by atoms with van der Waals surface area (Å²) in [6, 6.07) is 23.8. The molecule has 0 bridgehead atoms. The van der Waals surface area contributed by atoms with E-state index in [1.165, 1.54) is 0 Å². The van der Waals surface area contributed by atoms with Gasteiger partial charge in [-0.3, -0.25) is 14.9 Å². The van der Waals surface area contributed by atoms with E-state index in [4.69, 9.17) is 17.0 Å². The predicted octanol–water partition coefficient (Wildman–Crippen LogP) is 4.82. The summed E-state index contributed by atoms with van der Waals surface area (Å²) in [5.74, 6) is 0.557. The summed E-state index contributed by atoms with van der Waals surface area (Å²) in [5.41, 5.74) is 2.56. The summed E-state index contributed by atoms with van der Waals surface area (Å²) in [6.45, 7) is 5.26. The van der Waals surface area contributed by atoms with E-state index in [0.29, 0.717) is 41.6 Å². The Morgan fingerprint density at radius 2 is 1.56 bits per heavy atom. The number of amides is 2. The molecular weight excluding hydrogens is 446 g/mol. The van der Waals surface area contributed by atoms with Gasteiger partial charge in [0, 0.05) is 12.1 Å². The number of hydrogen-bond donors (Lipinski definition) is 3. The second kappa shape index (κ2) is 12.5. The van der Waals surface area contributed by atoms with E-state index >= 15 is 0 Å². The summed E-state index contributed by atoms with van der Waals surface area (Å²) in [4.78, 5) is 25.3. The van der Waals surface area contributed by atoms with Gasteiger partial charge >= 0.3 is 0 Å². The Morgan fingerprint density at radius 1 is 0.882 bits per heavy atom. The van der Waals surface area contributed by atoms with Crippen molar-refractivity contribution in [2.75, 3.05) is 18.5 Å². The molecule has 0 spiro atoms. The highest BCUT2D eigenvalue weighted by Gasteiger charge is 2.13. The Labute approximate surface area is 205 Å². The van der Waals surface area contributed by atoms with E-state index in [1.54, 1.807) is 48.5 Å². The molecule has 3 rings (SSSR count). The molecule has 0 saturated heterocycles. The summed E-state index contributed by atoms with van der Waals surface area (Å²) in [6.07, 6.45) is 0.734. The van der Waals surface area contributed by atoms with Crippen molar-refractivity contribution in [1.82, 2.24) is 10.6 Å². The molecule has 34 heavy (non-hydrogen) atoms. The number of nitrogens with one attached hydrogen (secondary N) is 3. The summed E-state index contributed by atoms with van der Waals surface area (Å²) in [7, 11) is 0. The fraction of sp³-hybridized carbons (Fsp3) is 0.222. The number of anilines is 1. The molecule has 0 unspecified atom stereocenters. The van der Waals surface area contributed by atoms with Crippen molar-refractivity contribution < 1.29 is 14.3 Å². The molecule has 0 radical (unpaired) electrons. The van der Waals surface area contributed by atoms with Crippen LogP contribution in [-0.4, -0.2) is 30.1 Å². The number of carbonyl (C=O) groups excluding carboxylic acids is 2. The van der Waals surface area contributed by atoms with Crippen molar-refractivity contribution in [2.24, 2.45) is 5.92 Å². The SMILES string of the molecule is CC(C)COc1ccc(C(=O)NC(=S)Nc2ccccc2C(=O)NCCc2ccccc2)cc1. The Morgan fingerprint density at radius 3 is 2.26 bits per heavy atom. The van der Waals surface area contributed by atoms with Gasteiger partial charge in [0.15, 0.2) is 5.11 Å². The van der Waals surface area contributed by atoms with Gasteiger partial charge in [-0.15, -0.1) is 0 Å². The van der Waals surface area contributed by atoms with Gasteiger partial charge in [-0.25, -0.2) is 0 Å². The minimum absolute atomic E-state index is 0.106. The molecule has 3 aromatic carbocycles. The first kappa shape index (κ1) is 24.9. The Bertz CT molecular complexity index is 1120. The standard InChI is InChI=1S/C27H29N3O3S/c1-19(2)18-33-22-14-12-21(13-15-22)25(31)30-27(34)29-24-11-7-6-10-23(24)26(32)28-17-16-20-8-4-3-5-9-20/h3-15,19H,16-18H2,1-2H3,(H,28,32)(H2,29,30,31,34). The normalized spacial score (nSPS) is 10.4. The zero-order valence-electron chi connectivity index (χ0n) is 19.3. The van der Waals surface area contributed by atoms with Gasteiger partial charge in [-0.05, 0) is 66.5 Å². The predicted molar refractivity (Wildman–Crippen MR) is 139 cm³/mol. The third kappa shape index (κ3) is 7.71. The van der Waals surface area contributed by atoms with Gasteiger partial charge in [0.1, 0.15) is 5.75 Å². The van der Waals surface area contributed by atoms with Crippen molar-refractivity contribution in [3.63, 3.8) is 0 Å². The maximum Gasteiger partial charge on any atom is 0.257 e. The van der Waals surface area contributed by atoms with Crippen LogP contribution in [0.4, 0.5) is 5.69 Å². The van der Waals surface area contributed by atoms with E-state index in [-0.39, 0.29) is 16.9 Å². The van der Waals surface area contributed by atoms with Crippen LogP contribution in [0.25, 0.3) is 0 Å². The lowest BCUT2D eigenvalue weighted by Gasteiger charge is -2.14. The van der Waals surface area contributed by atoms with Crippen molar-refractivity contribution in [3.05, 3.63) is 95.6 Å². The fourth-order valence-corrected chi connectivity index (χ4v) is 3.35. The third-order valence-electron chi connectivity index (χ3n) is 4.89. The van der Waals surface area contributed by atoms with E-state index in [0.717, 1.165) is 12.0 Å². The Hall–Kier alpha value is -3.71. The number of rotatable bonds is 9. The van der Waals surface area contributed by atoms with Crippen LogP contribution in [0, 0.1) is 5.92 Å². The molecule has 0 aliphatic carbocycles. The molecule has 0 heterocycles. The molecule has 6 nitrogen and oxygen atoms in total. The first-order valence-corrected chi connectivity index (χ1v) is 11.6. The number of benzene rings is 3. The number of para-hydroxylation sites is 1. The molecular formula is C27H29N3O3S. The van der Waals surface area contributed by atoms with Crippen LogP contribution in [0.3, 0.4) is 0 Å². The van der Waals surface area contributed by atoms with E-state index in [9.17, 15) is 9.59 Å². The highest BCUT2D eigenvalue weighted by molar-refractivity contribution is 7.80. The first-order valence-electron chi connectivity index (χ1n) is 11.2. The Balaban J connectivity index is 1.54. The molecule has 3 N–H and O–H groups in total. The second-order valence-corrected chi connectivity index (χ2v) is 8.58. The molecule has 2 amide bonds. The fourth-order valence-electron chi connectivity index (χ4n) is 3.14. The lowest BCUT2D eigenvalue weighted by atomic mass is 10.1. The minimum Gasteiger partial charge on any atom is -0.493 e. The molecule has 0 atom stereocenters. The number of hydrogen-bond acceptors (Lipinski definition) is 4. The van der Waals surface area contributed by atoms with Crippen LogP contribution in [0.15, 0.2) is 78.9 Å². The zero-order valence-corrected chi connectivity index (χ0v) is 20.2. The first-order chi connectivity index (χ1) is 16.4. The molecule has 7 heteroatoms. The number of thiocarbonyl (C=S) groups is 1. The largest absolute Gasteiger partial charge is 0.493 e. The van der Waals surface area contributed by atoms with Crippen LogP contribution in [0.1, 0.15) is 40.1 Å². The molecule has 0 fully saturated rings. The average Bonchev–Trinajstić information content (AvgIpc) is 2.84. The lowest BCUT2D eigenvalue weighted by molar-refractivity contribution is 0.0953. The molecule has 3 aromatic rings. The molecule has 0 aromatic heterocycles. The smallest absolute Gasteiger partial charge is 0.257 e. The topological polar surface area (TPSA) is 79.5 Å². The minimum atomic E-state index is -0.349. The van der Waals surface area contributed by atoms with Gasteiger partial charge in [-0.2, -0.15) is 0 Å². The van der Waals surface area contributed by atoms with Crippen LogP contribution in [0.5, 0.6) is 5.75 Å². The highest BCUT2D eigenvalue weighted by atomic mass is 32.1. The van der Waals surface area contributed by atoms with Gasteiger partial charge in [0.25, 0.3) is 11.8 Å². The van der Waals surface area contributed by atoms with Crippen LogP contribution in [-0.2, 0) is 6.42 Å². The summed E-state index contributed by atoms with van der Waals surface area (Å²) < 4.78 is 5.64. The van der Waals surface area contributed by atoms with E-state index < -0.39 is 0 Å². The van der Waals surface area contributed by atoms with Gasteiger partial charge in [-0.1, -0.05) is 56.3 Å². The van der Waals surface area contributed by atoms with Gasteiger partial charge in [0.05, 0.1) is 17.9 Å². The summed E-state index contributed by atoms with van der Waals surface area (Å²) in [5, 5.41) is 8.65. The number of carbonyl (C=O) groups is 2. The molecule has 176 valence electrons. The van der Waals surface area contributed by atoms with E-state index in [2.05, 4.69) is 29.8 Å². The van der Waals surface area contributed by atoms with Crippen molar-refractivity contribution in [1.29, 1.82) is 0 Å². The van der Waals surface area contributed by atoms with Gasteiger partial charge < -0.3 is 15.4 Å². The molecule has 0 aliphatic rings.